The quantitative estimate of drug-likeness (QED) is 0.442. The zero-order chi connectivity index (χ0) is 12.0. The predicted octanol–water partition coefficient (Wildman–Crippen LogP) is -0.743. The predicted molar refractivity (Wildman–Crippen MR) is 49.9 cm³/mol. The fourth-order valence-electron chi connectivity index (χ4n) is 1.08. The molecule has 16 heavy (non-hydrogen) atoms. The lowest BCUT2D eigenvalue weighted by molar-refractivity contribution is -0.200. The molecule has 90 valence electrons. The highest BCUT2D eigenvalue weighted by molar-refractivity contribution is 6.01. The van der Waals surface area contributed by atoms with E-state index < -0.39 is 17.8 Å². The van der Waals surface area contributed by atoms with Crippen LogP contribution in [0, 0.1) is 0 Å². The standard InChI is InChI=1S/C9H13NO6/c1-14-4-5-15-6-9(13)16-10-7(11)2-3-8(10)12/h2-6H2,1H3. The number of methoxy groups -OCH3 is 1. The molecule has 1 aliphatic rings. The third kappa shape index (κ3) is 3.59. The number of hydroxylamine groups is 2. The lowest BCUT2D eigenvalue weighted by atomic mass is 10.4. The van der Waals surface area contributed by atoms with Gasteiger partial charge in [-0.3, -0.25) is 9.59 Å². The maximum Gasteiger partial charge on any atom is 0.358 e. The molecule has 2 amide bonds. The van der Waals surface area contributed by atoms with Crippen LogP contribution in [0.15, 0.2) is 0 Å². The lowest BCUT2D eigenvalue weighted by Crippen LogP contribution is -2.33. The second kappa shape index (κ2) is 6.19. The van der Waals surface area contributed by atoms with Crippen molar-refractivity contribution in [3.05, 3.63) is 0 Å². The molecule has 0 spiro atoms. The Balaban J connectivity index is 2.23. The number of hydrogen-bond acceptors (Lipinski definition) is 6. The van der Waals surface area contributed by atoms with Crippen LogP contribution in [0.5, 0.6) is 0 Å². The molecule has 0 unspecified atom stereocenters. The summed E-state index contributed by atoms with van der Waals surface area (Å²) >= 11 is 0. The molecule has 7 heteroatoms. The summed E-state index contributed by atoms with van der Waals surface area (Å²) in [6.45, 7) is 0.281. The SMILES string of the molecule is COCCOCC(=O)ON1C(=O)CCC1=O. The number of amides is 2. The van der Waals surface area contributed by atoms with Gasteiger partial charge in [0, 0.05) is 20.0 Å². The molecule has 1 heterocycles. The molecule has 0 radical (unpaired) electrons. The summed E-state index contributed by atoms with van der Waals surface area (Å²) in [4.78, 5) is 37.8. The van der Waals surface area contributed by atoms with E-state index in [-0.39, 0.29) is 26.1 Å². The van der Waals surface area contributed by atoms with Gasteiger partial charge in [-0.05, 0) is 0 Å². The van der Waals surface area contributed by atoms with Crippen molar-refractivity contribution in [3.8, 4) is 0 Å². The van der Waals surface area contributed by atoms with E-state index in [9.17, 15) is 14.4 Å². The maximum absolute atomic E-state index is 11.1. The van der Waals surface area contributed by atoms with Gasteiger partial charge in [0.25, 0.3) is 11.8 Å². The molecule has 0 aromatic carbocycles. The third-order valence-electron chi connectivity index (χ3n) is 1.85. The van der Waals surface area contributed by atoms with Gasteiger partial charge < -0.3 is 14.3 Å². The summed E-state index contributed by atoms with van der Waals surface area (Å²) < 4.78 is 9.56. The topological polar surface area (TPSA) is 82.1 Å². The Hall–Kier alpha value is -1.47. The van der Waals surface area contributed by atoms with Crippen molar-refractivity contribution in [2.45, 2.75) is 12.8 Å². The van der Waals surface area contributed by atoms with E-state index in [0.717, 1.165) is 0 Å². The van der Waals surface area contributed by atoms with Crippen molar-refractivity contribution in [1.82, 2.24) is 5.06 Å². The normalized spacial score (nSPS) is 15.7. The average molecular weight is 231 g/mol. The van der Waals surface area contributed by atoms with E-state index >= 15 is 0 Å². The Labute approximate surface area is 92.2 Å². The first kappa shape index (κ1) is 12.6. The second-order valence-corrected chi connectivity index (χ2v) is 3.09. The van der Waals surface area contributed by atoms with Crippen molar-refractivity contribution in [2.24, 2.45) is 0 Å². The summed E-state index contributed by atoms with van der Waals surface area (Å²) in [5, 5.41) is 0.488. The van der Waals surface area contributed by atoms with Gasteiger partial charge in [0.1, 0.15) is 6.61 Å². The number of imide groups is 1. The fraction of sp³-hybridized carbons (Fsp3) is 0.667. The van der Waals surface area contributed by atoms with Crippen LogP contribution >= 0.6 is 0 Å². The number of carbonyl (C=O) groups excluding carboxylic acids is 3. The minimum Gasteiger partial charge on any atom is -0.382 e. The van der Waals surface area contributed by atoms with E-state index in [1.807, 2.05) is 0 Å². The number of nitrogens with zero attached hydrogens (tertiary/aromatic N) is 1. The van der Waals surface area contributed by atoms with E-state index in [1.165, 1.54) is 7.11 Å². The van der Waals surface area contributed by atoms with E-state index in [2.05, 4.69) is 4.84 Å². The first-order chi connectivity index (χ1) is 7.65. The monoisotopic (exact) mass is 231 g/mol. The summed E-state index contributed by atoms with van der Waals surface area (Å²) in [5.41, 5.74) is 0. The summed E-state index contributed by atoms with van der Waals surface area (Å²) in [6.07, 6.45) is 0.160. The van der Waals surface area contributed by atoms with Gasteiger partial charge in [0.15, 0.2) is 0 Å². The molecule has 0 saturated carbocycles. The van der Waals surface area contributed by atoms with Crippen LogP contribution in [0.3, 0.4) is 0 Å². The Morgan fingerprint density at radius 3 is 2.44 bits per heavy atom. The first-order valence-electron chi connectivity index (χ1n) is 4.78. The molecule has 1 rings (SSSR count). The zero-order valence-electron chi connectivity index (χ0n) is 8.93. The van der Waals surface area contributed by atoms with E-state index in [1.54, 1.807) is 0 Å². The number of carbonyl (C=O) groups is 3. The van der Waals surface area contributed by atoms with Crippen LogP contribution < -0.4 is 0 Å². The highest BCUT2D eigenvalue weighted by atomic mass is 16.7. The van der Waals surface area contributed by atoms with Crippen LogP contribution in [-0.2, 0) is 28.7 Å². The smallest absolute Gasteiger partial charge is 0.358 e. The van der Waals surface area contributed by atoms with Gasteiger partial charge in [-0.2, -0.15) is 0 Å². The molecule has 0 aromatic rings. The lowest BCUT2D eigenvalue weighted by Gasteiger charge is -2.12. The minimum atomic E-state index is -0.778. The molecule has 0 aromatic heterocycles. The Morgan fingerprint density at radius 1 is 1.25 bits per heavy atom. The minimum absolute atomic E-state index is 0.0800. The summed E-state index contributed by atoms with van der Waals surface area (Å²) in [6, 6.07) is 0. The number of ether oxygens (including phenoxy) is 2. The molecular weight excluding hydrogens is 218 g/mol. The van der Waals surface area contributed by atoms with Crippen LogP contribution in [-0.4, -0.2) is 49.8 Å². The van der Waals surface area contributed by atoms with Crippen LogP contribution in [0.1, 0.15) is 12.8 Å². The molecule has 0 bridgehead atoms. The largest absolute Gasteiger partial charge is 0.382 e. The highest BCUT2D eigenvalue weighted by Crippen LogP contribution is 2.11. The molecule has 1 saturated heterocycles. The Kier molecular flexibility index (Phi) is 4.87. The third-order valence-corrected chi connectivity index (χ3v) is 1.85. The van der Waals surface area contributed by atoms with Gasteiger partial charge in [0.05, 0.1) is 13.2 Å². The zero-order valence-corrected chi connectivity index (χ0v) is 8.93. The summed E-state index contributed by atoms with van der Waals surface area (Å²) in [5.74, 6) is -1.79. The van der Waals surface area contributed by atoms with E-state index in [4.69, 9.17) is 9.47 Å². The van der Waals surface area contributed by atoms with Gasteiger partial charge >= 0.3 is 5.97 Å². The van der Waals surface area contributed by atoms with Crippen molar-refractivity contribution in [3.63, 3.8) is 0 Å². The van der Waals surface area contributed by atoms with Crippen LogP contribution in [0.2, 0.25) is 0 Å². The number of hydrogen-bond donors (Lipinski definition) is 0. The molecule has 0 aliphatic carbocycles. The fourth-order valence-corrected chi connectivity index (χ4v) is 1.08. The van der Waals surface area contributed by atoms with Gasteiger partial charge in [-0.25, -0.2) is 4.79 Å². The highest BCUT2D eigenvalue weighted by Gasteiger charge is 2.32. The van der Waals surface area contributed by atoms with Gasteiger partial charge in [-0.15, -0.1) is 5.06 Å². The second-order valence-electron chi connectivity index (χ2n) is 3.09. The van der Waals surface area contributed by atoms with Gasteiger partial charge in [-0.1, -0.05) is 0 Å². The van der Waals surface area contributed by atoms with Gasteiger partial charge in [0.2, 0.25) is 0 Å². The summed E-state index contributed by atoms with van der Waals surface area (Å²) in [7, 11) is 1.50. The molecule has 1 fully saturated rings. The van der Waals surface area contributed by atoms with Crippen molar-refractivity contribution in [2.75, 3.05) is 26.9 Å². The van der Waals surface area contributed by atoms with E-state index in [0.29, 0.717) is 11.7 Å². The van der Waals surface area contributed by atoms with Crippen molar-refractivity contribution >= 4 is 17.8 Å². The van der Waals surface area contributed by atoms with Crippen LogP contribution in [0.25, 0.3) is 0 Å². The van der Waals surface area contributed by atoms with Crippen LogP contribution in [0.4, 0.5) is 0 Å². The molecular formula is C9H13NO6. The van der Waals surface area contributed by atoms with Crippen molar-refractivity contribution in [1.29, 1.82) is 0 Å². The maximum atomic E-state index is 11.1. The average Bonchev–Trinajstić information content (AvgIpc) is 2.56. The molecule has 0 N–H and O–H groups in total. The Bertz CT molecular complexity index is 274. The van der Waals surface area contributed by atoms with Crippen molar-refractivity contribution < 1.29 is 28.7 Å². The molecule has 7 nitrogen and oxygen atoms in total. The number of rotatable bonds is 6. The molecule has 0 atom stereocenters. The molecule has 1 aliphatic heterocycles. The first-order valence-corrected chi connectivity index (χ1v) is 4.78. The Morgan fingerprint density at radius 2 is 1.88 bits per heavy atom.